The van der Waals surface area contributed by atoms with Crippen LogP contribution in [0.4, 0.5) is 4.39 Å². The molecule has 0 fully saturated rings. The van der Waals surface area contributed by atoms with Gasteiger partial charge in [-0.05, 0) is 18.1 Å². The molecule has 2 nitrogen and oxygen atoms in total. The largest absolute Gasteiger partial charge is 0.288 e. The third-order valence-corrected chi connectivity index (χ3v) is 2.77. The molecule has 2 rings (SSSR count). The van der Waals surface area contributed by atoms with Crippen LogP contribution in [0.15, 0.2) is 42.7 Å². The van der Waals surface area contributed by atoms with Crippen LogP contribution < -0.4 is 0 Å². The Morgan fingerprint density at radius 2 is 1.94 bits per heavy atom. The Hall–Kier alpha value is -2.03. The van der Waals surface area contributed by atoms with Gasteiger partial charge in [-0.15, -0.1) is 0 Å². The SMILES string of the molecule is CCCc1ccc(C(=O)c2ccncc2F)cc1. The summed E-state index contributed by atoms with van der Waals surface area (Å²) in [5.41, 5.74) is 1.75. The number of ketones is 1. The van der Waals surface area contributed by atoms with Crippen molar-refractivity contribution in [3.8, 4) is 0 Å². The highest BCUT2D eigenvalue weighted by Crippen LogP contribution is 2.14. The van der Waals surface area contributed by atoms with E-state index in [-0.39, 0.29) is 11.3 Å². The number of pyridine rings is 1. The molecule has 0 aliphatic rings. The number of carbonyl (C=O) groups is 1. The standard InChI is InChI=1S/C15H14FNO/c1-2-3-11-4-6-12(7-5-11)15(18)13-8-9-17-10-14(13)16/h4-10H,2-3H2,1H3. The second kappa shape index (κ2) is 5.54. The highest BCUT2D eigenvalue weighted by Gasteiger charge is 2.13. The monoisotopic (exact) mass is 243 g/mol. The smallest absolute Gasteiger partial charge is 0.196 e. The summed E-state index contributed by atoms with van der Waals surface area (Å²) in [7, 11) is 0. The van der Waals surface area contributed by atoms with Gasteiger partial charge in [0.25, 0.3) is 0 Å². The number of rotatable bonds is 4. The minimum atomic E-state index is -0.583. The minimum absolute atomic E-state index is 0.0632. The third-order valence-electron chi connectivity index (χ3n) is 2.77. The van der Waals surface area contributed by atoms with Crippen LogP contribution in [-0.4, -0.2) is 10.8 Å². The first-order valence-electron chi connectivity index (χ1n) is 5.95. The van der Waals surface area contributed by atoms with E-state index >= 15 is 0 Å². The van der Waals surface area contributed by atoms with Crippen molar-refractivity contribution >= 4 is 5.78 Å². The van der Waals surface area contributed by atoms with Gasteiger partial charge in [-0.25, -0.2) is 4.39 Å². The molecule has 0 saturated heterocycles. The molecule has 2 aromatic rings. The van der Waals surface area contributed by atoms with Crippen LogP contribution in [0.1, 0.15) is 34.8 Å². The van der Waals surface area contributed by atoms with E-state index in [1.54, 1.807) is 12.1 Å². The zero-order valence-corrected chi connectivity index (χ0v) is 10.2. The van der Waals surface area contributed by atoms with E-state index in [0.29, 0.717) is 5.56 Å². The van der Waals surface area contributed by atoms with E-state index < -0.39 is 5.82 Å². The molecule has 0 atom stereocenters. The number of benzene rings is 1. The summed E-state index contributed by atoms with van der Waals surface area (Å²) in [6.45, 7) is 2.10. The first-order valence-corrected chi connectivity index (χ1v) is 5.95. The Labute approximate surface area is 105 Å². The van der Waals surface area contributed by atoms with Crippen LogP contribution >= 0.6 is 0 Å². The van der Waals surface area contributed by atoms with E-state index in [9.17, 15) is 9.18 Å². The van der Waals surface area contributed by atoms with Crippen molar-refractivity contribution < 1.29 is 9.18 Å². The molecular formula is C15H14FNO. The Morgan fingerprint density at radius 3 is 2.56 bits per heavy atom. The zero-order chi connectivity index (χ0) is 13.0. The van der Waals surface area contributed by atoms with Gasteiger partial charge in [0, 0.05) is 11.8 Å². The van der Waals surface area contributed by atoms with Crippen LogP contribution in [0.25, 0.3) is 0 Å². The molecule has 1 aromatic heterocycles. The molecule has 0 bridgehead atoms. The Morgan fingerprint density at radius 1 is 1.22 bits per heavy atom. The number of carbonyl (C=O) groups excluding carboxylic acids is 1. The number of aromatic nitrogens is 1. The van der Waals surface area contributed by atoms with E-state index in [4.69, 9.17) is 0 Å². The maximum Gasteiger partial charge on any atom is 0.196 e. The molecule has 1 heterocycles. The van der Waals surface area contributed by atoms with Crippen molar-refractivity contribution in [3.05, 3.63) is 65.2 Å². The third kappa shape index (κ3) is 2.62. The average Bonchev–Trinajstić information content (AvgIpc) is 2.40. The average molecular weight is 243 g/mol. The minimum Gasteiger partial charge on any atom is -0.288 e. The van der Waals surface area contributed by atoms with Crippen LogP contribution in [-0.2, 0) is 6.42 Å². The lowest BCUT2D eigenvalue weighted by molar-refractivity contribution is 0.103. The van der Waals surface area contributed by atoms with Gasteiger partial charge in [0.15, 0.2) is 11.6 Å². The molecule has 0 unspecified atom stereocenters. The first-order chi connectivity index (χ1) is 8.72. The summed E-state index contributed by atoms with van der Waals surface area (Å²) < 4.78 is 13.4. The predicted octanol–water partition coefficient (Wildman–Crippen LogP) is 3.40. The van der Waals surface area contributed by atoms with Crippen LogP contribution in [0.5, 0.6) is 0 Å². The van der Waals surface area contributed by atoms with E-state index in [0.717, 1.165) is 19.0 Å². The second-order valence-corrected chi connectivity index (χ2v) is 4.13. The molecule has 1 aromatic carbocycles. The number of aryl methyl sites for hydroxylation is 1. The van der Waals surface area contributed by atoms with Gasteiger partial charge >= 0.3 is 0 Å². The molecule has 0 saturated carbocycles. The zero-order valence-electron chi connectivity index (χ0n) is 10.2. The highest BCUT2D eigenvalue weighted by molar-refractivity contribution is 6.09. The number of halogens is 1. The van der Waals surface area contributed by atoms with Gasteiger partial charge in [-0.1, -0.05) is 37.6 Å². The predicted molar refractivity (Wildman–Crippen MR) is 68.1 cm³/mol. The fourth-order valence-electron chi connectivity index (χ4n) is 1.83. The van der Waals surface area contributed by atoms with Crippen molar-refractivity contribution in [2.24, 2.45) is 0 Å². The topological polar surface area (TPSA) is 30.0 Å². The molecular weight excluding hydrogens is 229 g/mol. The van der Waals surface area contributed by atoms with Gasteiger partial charge in [-0.3, -0.25) is 9.78 Å². The lowest BCUT2D eigenvalue weighted by atomic mass is 10.0. The maximum absolute atomic E-state index is 13.4. The van der Waals surface area contributed by atoms with Crippen LogP contribution in [0.3, 0.4) is 0 Å². The molecule has 0 N–H and O–H groups in total. The number of hydrogen-bond donors (Lipinski definition) is 0. The number of hydrogen-bond acceptors (Lipinski definition) is 2. The van der Waals surface area contributed by atoms with E-state index in [2.05, 4.69) is 11.9 Å². The molecule has 3 heteroatoms. The van der Waals surface area contributed by atoms with Crippen LogP contribution in [0, 0.1) is 5.82 Å². The Bertz CT molecular complexity index is 549. The van der Waals surface area contributed by atoms with Crippen molar-refractivity contribution in [1.29, 1.82) is 0 Å². The van der Waals surface area contributed by atoms with Crippen molar-refractivity contribution in [3.63, 3.8) is 0 Å². The van der Waals surface area contributed by atoms with Gasteiger partial charge in [-0.2, -0.15) is 0 Å². The first kappa shape index (κ1) is 12.4. The van der Waals surface area contributed by atoms with Crippen molar-refractivity contribution in [2.45, 2.75) is 19.8 Å². The molecule has 0 aliphatic heterocycles. The normalized spacial score (nSPS) is 10.3. The molecule has 0 radical (unpaired) electrons. The number of nitrogens with zero attached hydrogens (tertiary/aromatic N) is 1. The Kier molecular flexibility index (Phi) is 3.82. The second-order valence-electron chi connectivity index (χ2n) is 4.13. The highest BCUT2D eigenvalue weighted by atomic mass is 19.1. The fourth-order valence-corrected chi connectivity index (χ4v) is 1.83. The summed E-state index contributed by atoms with van der Waals surface area (Å²) in [5, 5.41) is 0. The molecule has 92 valence electrons. The summed E-state index contributed by atoms with van der Waals surface area (Å²) in [6, 6.07) is 8.71. The van der Waals surface area contributed by atoms with Gasteiger partial charge < -0.3 is 0 Å². The van der Waals surface area contributed by atoms with Gasteiger partial charge in [0.1, 0.15) is 0 Å². The maximum atomic E-state index is 13.4. The van der Waals surface area contributed by atoms with Crippen molar-refractivity contribution in [1.82, 2.24) is 4.98 Å². The van der Waals surface area contributed by atoms with E-state index in [1.807, 2.05) is 12.1 Å². The lowest BCUT2D eigenvalue weighted by Gasteiger charge is -2.03. The van der Waals surface area contributed by atoms with Crippen LogP contribution in [0.2, 0.25) is 0 Å². The Balaban J connectivity index is 2.27. The summed E-state index contributed by atoms with van der Waals surface area (Å²) >= 11 is 0. The van der Waals surface area contributed by atoms with Crippen molar-refractivity contribution in [2.75, 3.05) is 0 Å². The summed E-state index contributed by atoms with van der Waals surface area (Å²) in [4.78, 5) is 15.7. The lowest BCUT2D eigenvalue weighted by Crippen LogP contribution is -2.04. The molecule has 0 amide bonds. The van der Waals surface area contributed by atoms with Gasteiger partial charge in [0.05, 0.1) is 11.8 Å². The van der Waals surface area contributed by atoms with E-state index in [1.165, 1.54) is 17.8 Å². The van der Waals surface area contributed by atoms with Gasteiger partial charge in [0.2, 0.25) is 0 Å². The summed E-state index contributed by atoms with van der Waals surface area (Å²) in [5.74, 6) is -0.891. The quantitative estimate of drug-likeness (QED) is 0.770. The molecule has 18 heavy (non-hydrogen) atoms. The molecule has 0 spiro atoms. The fraction of sp³-hybridized carbons (Fsp3) is 0.200. The summed E-state index contributed by atoms with van der Waals surface area (Å²) in [6.07, 6.45) is 4.52. The molecule has 0 aliphatic carbocycles.